The Morgan fingerprint density at radius 1 is 1.16 bits per heavy atom. The van der Waals surface area contributed by atoms with Gasteiger partial charge in [-0.25, -0.2) is 9.98 Å². The number of benzene rings is 1. The van der Waals surface area contributed by atoms with Crippen molar-refractivity contribution in [2.45, 2.75) is 51.1 Å². The average molecular weight is 339 g/mol. The molecule has 1 aliphatic carbocycles. The highest BCUT2D eigenvalue weighted by Crippen LogP contribution is 2.40. The van der Waals surface area contributed by atoms with Gasteiger partial charge >= 0.3 is 0 Å². The molecule has 1 aliphatic heterocycles. The van der Waals surface area contributed by atoms with Gasteiger partial charge in [0, 0.05) is 19.2 Å². The van der Waals surface area contributed by atoms with Gasteiger partial charge in [-0.05, 0) is 43.9 Å². The van der Waals surface area contributed by atoms with Crippen LogP contribution in [0.25, 0.3) is 11.0 Å². The van der Waals surface area contributed by atoms with Crippen molar-refractivity contribution in [3.63, 3.8) is 0 Å². The molecule has 0 radical (unpaired) electrons. The van der Waals surface area contributed by atoms with Crippen molar-refractivity contribution in [2.24, 2.45) is 28.5 Å². The Morgan fingerprint density at radius 2 is 1.92 bits per heavy atom. The predicted molar refractivity (Wildman–Crippen MR) is 102 cm³/mol. The zero-order valence-electron chi connectivity index (χ0n) is 14.9. The molecule has 0 atom stereocenters. The second-order valence-corrected chi connectivity index (χ2v) is 6.93. The highest BCUT2D eigenvalue weighted by Gasteiger charge is 2.42. The van der Waals surface area contributed by atoms with E-state index in [-0.39, 0.29) is 5.96 Å². The number of hydrogen-bond donors (Lipinski definition) is 2. The van der Waals surface area contributed by atoms with Crippen LogP contribution in [0.2, 0.25) is 0 Å². The molecule has 2 aliphatic rings. The molecule has 1 spiro atoms. The Kier molecular flexibility index (Phi) is 3.67. The second-order valence-electron chi connectivity index (χ2n) is 6.93. The number of guanidine groups is 2. The third-order valence-corrected chi connectivity index (χ3v) is 5.38. The van der Waals surface area contributed by atoms with Gasteiger partial charge in [-0.2, -0.15) is 4.99 Å². The van der Waals surface area contributed by atoms with Crippen LogP contribution in [-0.2, 0) is 13.5 Å². The zero-order chi connectivity index (χ0) is 17.6. The smallest absolute Gasteiger partial charge is 0.220 e. The number of fused-ring (bicyclic) bond motifs is 1. The molecule has 1 fully saturated rings. The lowest BCUT2D eigenvalue weighted by molar-refractivity contribution is 0.305. The van der Waals surface area contributed by atoms with Gasteiger partial charge in [-0.3, -0.25) is 4.90 Å². The lowest BCUT2D eigenvalue weighted by atomic mass is 9.87. The molecule has 2 aromatic rings. The van der Waals surface area contributed by atoms with Gasteiger partial charge in [0.2, 0.25) is 11.9 Å². The third-order valence-electron chi connectivity index (χ3n) is 5.38. The van der Waals surface area contributed by atoms with Gasteiger partial charge in [0.05, 0.1) is 11.0 Å². The Bertz CT molecular complexity index is 871. The molecule has 4 N–H and O–H groups in total. The van der Waals surface area contributed by atoms with Crippen LogP contribution in [0.1, 0.15) is 44.9 Å². The Balaban J connectivity index is 1.83. The van der Waals surface area contributed by atoms with Crippen molar-refractivity contribution in [1.82, 2.24) is 9.55 Å². The van der Waals surface area contributed by atoms with Gasteiger partial charge < -0.3 is 16.0 Å². The summed E-state index contributed by atoms with van der Waals surface area (Å²) in [6.07, 6.45) is 6.23. The van der Waals surface area contributed by atoms with E-state index in [4.69, 9.17) is 21.4 Å². The largest absolute Gasteiger partial charge is 0.369 e. The summed E-state index contributed by atoms with van der Waals surface area (Å²) in [5, 5.41) is 0. The van der Waals surface area contributed by atoms with Crippen molar-refractivity contribution in [3.8, 4) is 0 Å². The molecular weight excluding hydrogens is 314 g/mol. The molecule has 0 bridgehead atoms. The van der Waals surface area contributed by atoms with Crippen molar-refractivity contribution in [1.29, 1.82) is 0 Å². The van der Waals surface area contributed by atoms with Crippen molar-refractivity contribution >= 4 is 28.6 Å². The van der Waals surface area contributed by atoms with Gasteiger partial charge in [0.1, 0.15) is 11.5 Å². The topological polar surface area (TPSA) is 97.8 Å². The molecule has 0 unspecified atom stereocenters. The molecule has 2 heterocycles. The van der Waals surface area contributed by atoms with Crippen molar-refractivity contribution in [3.05, 3.63) is 24.0 Å². The first-order chi connectivity index (χ1) is 12.0. The van der Waals surface area contributed by atoms with E-state index < -0.39 is 5.66 Å². The number of aryl methyl sites for hydroxylation is 2. The number of nitrogens with zero attached hydrogens (tertiary/aromatic N) is 5. The average Bonchev–Trinajstić information content (AvgIpc) is 2.90. The molecule has 7 nitrogen and oxygen atoms in total. The molecular formula is C18H25N7. The SMILES string of the molecule is CCc1nc2cc(N3C(N)=NC(N)=NC34CCCCC4)ccc2n1C. The highest BCUT2D eigenvalue weighted by atomic mass is 15.4. The summed E-state index contributed by atoms with van der Waals surface area (Å²) >= 11 is 0. The zero-order valence-corrected chi connectivity index (χ0v) is 14.9. The first-order valence-electron chi connectivity index (χ1n) is 8.99. The lowest BCUT2D eigenvalue weighted by Gasteiger charge is -2.45. The number of aliphatic imine (C=N–C) groups is 2. The van der Waals surface area contributed by atoms with Crippen molar-refractivity contribution < 1.29 is 0 Å². The fourth-order valence-electron chi connectivity index (χ4n) is 4.19. The Morgan fingerprint density at radius 3 is 2.64 bits per heavy atom. The molecule has 132 valence electrons. The summed E-state index contributed by atoms with van der Waals surface area (Å²) in [6, 6.07) is 6.27. The fraction of sp³-hybridized carbons (Fsp3) is 0.500. The predicted octanol–water partition coefficient (Wildman–Crippen LogP) is 2.25. The quantitative estimate of drug-likeness (QED) is 0.876. The summed E-state index contributed by atoms with van der Waals surface area (Å²) in [5.41, 5.74) is 14.9. The normalized spacial score (nSPS) is 20.0. The standard InChI is InChI=1S/C18H25N7/c1-3-15-21-13-11-12(7-8-14(13)24(15)2)25-17(20)22-16(19)23-18(25)9-5-4-6-10-18/h7-8,11H,3-6,9-10H2,1-2H3,(H4,19,20,22,23). The van der Waals surface area contributed by atoms with Crippen LogP contribution in [0.5, 0.6) is 0 Å². The molecule has 1 aromatic carbocycles. The Labute approximate surface area is 147 Å². The van der Waals surface area contributed by atoms with E-state index in [9.17, 15) is 0 Å². The van der Waals surface area contributed by atoms with Gasteiger partial charge in [0.15, 0.2) is 0 Å². The highest BCUT2D eigenvalue weighted by molar-refractivity contribution is 6.06. The number of nitrogens with two attached hydrogens (primary N) is 2. The van der Waals surface area contributed by atoms with Crippen LogP contribution in [-0.4, -0.2) is 27.1 Å². The first-order valence-corrected chi connectivity index (χ1v) is 8.99. The monoisotopic (exact) mass is 339 g/mol. The molecule has 1 saturated carbocycles. The van der Waals surface area contributed by atoms with E-state index in [2.05, 4.69) is 46.6 Å². The van der Waals surface area contributed by atoms with Crippen LogP contribution in [0.3, 0.4) is 0 Å². The summed E-state index contributed by atoms with van der Waals surface area (Å²) in [7, 11) is 2.05. The lowest BCUT2D eigenvalue weighted by Crippen LogP contribution is -2.58. The van der Waals surface area contributed by atoms with Crippen LogP contribution in [0.4, 0.5) is 5.69 Å². The maximum atomic E-state index is 6.30. The first kappa shape index (κ1) is 15.9. The van der Waals surface area contributed by atoms with E-state index in [1.165, 1.54) is 6.42 Å². The van der Waals surface area contributed by atoms with Gasteiger partial charge in [-0.15, -0.1) is 0 Å². The minimum Gasteiger partial charge on any atom is -0.369 e. The number of hydrogen-bond acceptors (Lipinski definition) is 6. The second kappa shape index (κ2) is 5.75. The van der Waals surface area contributed by atoms with E-state index in [0.29, 0.717) is 5.96 Å². The molecule has 7 heteroatoms. The molecule has 1 aromatic heterocycles. The Hall–Kier alpha value is -2.57. The van der Waals surface area contributed by atoms with E-state index in [1.54, 1.807) is 0 Å². The van der Waals surface area contributed by atoms with Crippen LogP contribution >= 0.6 is 0 Å². The van der Waals surface area contributed by atoms with E-state index in [0.717, 1.165) is 54.6 Å². The van der Waals surface area contributed by atoms with E-state index in [1.807, 2.05) is 0 Å². The fourth-order valence-corrected chi connectivity index (χ4v) is 4.19. The van der Waals surface area contributed by atoms with Crippen LogP contribution < -0.4 is 16.4 Å². The van der Waals surface area contributed by atoms with Gasteiger partial charge in [0.25, 0.3) is 0 Å². The molecule has 0 saturated heterocycles. The summed E-state index contributed by atoms with van der Waals surface area (Å²) in [4.78, 5) is 15.8. The van der Waals surface area contributed by atoms with Crippen molar-refractivity contribution in [2.75, 3.05) is 4.90 Å². The molecule has 0 amide bonds. The van der Waals surface area contributed by atoms with Gasteiger partial charge in [-0.1, -0.05) is 13.3 Å². The third kappa shape index (κ3) is 2.45. The number of aromatic nitrogens is 2. The maximum absolute atomic E-state index is 6.30. The number of anilines is 1. The molecule has 4 rings (SSSR count). The summed E-state index contributed by atoms with van der Waals surface area (Å²) in [6.45, 7) is 2.12. The van der Waals surface area contributed by atoms with E-state index >= 15 is 0 Å². The van der Waals surface area contributed by atoms with Crippen LogP contribution in [0.15, 0.2) is 28.2 Å². The number of rotatable bonds is 2. The molecule has 25 heavy (non-hydrogen) atoms. The summed E-state index contributed by atoms with van der Waals surface area (Å²) in [5.74, 6) is 1.77. The minimum atomic E-state index is -0.412. The minimum absolute atomic E-state index is 0.280. The maximum Gasteiger partial charge on any atom is 0.220 e. The summed E-state index contributed by atoms with van der Waals surface area (Å²) < 4.78 is 2.14. The number of imidazole rings is 1. The van der Waals surface area contributed by atoms with Crippen LogP contribution in [0, 0.1) is 0 Å².